The summed E-state index contributed by atoms with van der Waals surface area (Å²) < 4.78 is 14.3. The Labute approximate surface area is 135 Å². The molecule has 0 radical (unpaired) electrons. The van der Waals surface area contributed by atoms with E-state index in [1.807, 2.05) is 24.3 Å². The summed E-state index contributed by atoms with van der Waals surface area (Å²) in [4.78, 5) is 12.3. The second-order valence-corrected chi connectivity index (χ2v) is 5.99. The zero-order valence-electron chi connectivity index (χ0n) is 11.1. The number of hydrogen-bond donors (Lipinski definition) is 0. The number of halogens is 2. The van der Waals surface area contributed by atoms with Gasteiger partial charge in [0.15, 0.2) is 0 Å². The zero-order chi connectivity index (χ0) is 14.8. The summed E-state index contributed by atoms with van der Waals surface area (Å²) in [6.07, 6.45) is 0.709. The minimum atomic E-state index is -0.415. The van der Waals surface area contributed by atoms with Crippen LogP contribution in [0.1, 0.15) is 22.3 Å². The molecule has 0 saturated carbocycles. The van der Waals surface area contributed by atoms with Crippen LogP contribution in [0.2, 0.25) is 0 Å². The van der Waals surface area contributed by atoms with Crippen LogP contribution in [0, 0.1) is 9.39 Å². The molecule has 1 aliphatic rings. The average Bonchev–Trinajstić information content (AvgIpc) is 2.96. The Hall–Kier alpha value is -1.76. The van der Waals surface area contributed by atoms with Gasteiger partial charge < -0.3 is 0 Å². The van der Waals surface area contributed by atoms with Crippen molar-refractivity contribution in [2.75, 3.05) is 6.54 Å². The minimum Gasteiger partial charge on any atom is -0.267 e. The molecule has 0 fully saturated rings. The number of nitrogens with zero attached hydrogens (tertiary/aromatic N) is 2. The second kappa shape index (κ2) is 5.93. The van der Waals surface area contributed by atoms with Crippen molar-refractivity contribution in [2.24, 2.45) is 5.10 Å². The maximum atomic E-state index is 13.2. The topological polar surface area (TPSA) is 32.7 Å². The zero-order valence-corrected chi connectivity index (χ0v) is 13.2. The fraction of sp³-hybridized carbons (Fsp3) is 0.125. The number of rotatable bonds is 2. The first-order valence-corrected chi connectivity index (χ1v) is 7.62. The van der Waals surface area contributed by atoms with Gasteiger partial charge in [0.25, 0.3) is 5.91 Å². The highest BCUT2D eigenvalue weighted by Gasteiger charge is 2.22. The molecule has 0 unspecified atom stereocenters. The van der Waals surface area contributed by atoms with E-state index >= 15 is 0 Å². The van der Waals surface area contributed by atoms with Gasteiger partial charge in [-0.2, -0.15) is 5.10 Å². The van der Waals surface area contributed by atoms with Gasteiger partial charge in [0.2, 0.25) is 0 Å². The quantitative estimate of drug-likeness (QED) is 0.716. The molecule has 3 nitrogen and oxygen atoms in total. The van der Waals surface area contributed by atoms with E-state index in [1.165, 1.54) is 23.2 Å². The van der Waals surface area contributed by atoms with Crippen LogP contribution in [0.4, 0.5) is 4.39 Å². The third-order valence-electron chi connectivity index (χ3n) is 3.27. The van der Waals surface area contributed by atoms with E-state index in [0.29, 0.717) is 18.5 Å². The Morgan fingerprint density at radius 1 is 1.19 bits per heavy atom. The molecule has 0 saturated heterocycles. The number of hydrogen-bond acceptors (Lipinski definition) is 2. The predicted octanol–water partition coefficient (Wildman–Crippen LogP) is 3.68. The molecule has 0 atom stereocenters. The number of amides is 1. The third kappa shape index (κ3) is 3.12. The first kappa shape index (κ1) is 14.2. The lowest BCUT2D eigenvalue weighted by molar-refractivity contribution is 0.0778. The van der Waals surface area contributed by atoms with Crippen molar-refractivity contribution in [3.05, 3.63) is 69.0 Å². The fourth-order valence-electron chi connectivity index (χ4n) is 2.25. The van der Waals surface area contributed by atoms with Gasteiger partial charge >= 0.3 is 0 Å². The van der Waals surface area contributed by atoms with E-state index < -0.39 is 5.82 Å². The summed E-state index contributed by atoms with van der Waals surface area (Å²) >= 11 is 2.25. The lowest BCUT2D eigenvalue weighted by Crippen LogP contribution is -2.23. The molecule has 21 heavy (non-hydrogen) atoms. The summed E-state index contributed by atoms with van der Waals surface area (Å²) in [7, 11) is 0. The summed E-state index contributed by atoms with van der Waals surface area (Å²) in [6, 6.07) is 13.7. The maximum Gasteiger partial charge on any atom is 0.274 e. The molecule has 0 aliphatic carbocycles. The smallest absolute Gasteiger partial charge is 0.267 e. The summed E-state index contributed by atoms with van der Waals surface area (Å²) in [5.41, 5.74) is 2.23. The minimum absolute atomic E-state index is 0.268. The molecule has 106 valence electrons. The highest BCUT2D eigenvalue weighted by molar-refractivity contribution is 14.1. The van der Waals surface area contributed by atoms with E-state index in [2.05, 4.69) is 27.7 Å². The Morgan fingerprint density at radius 3 is 2.76 bits per heavy atom. The first-order chi connectivity index (χ1) is 10.1. The van der Waals surface area contributed by atoms with Crippen molar-refractivity contribution in [1.29, 1.82) is 0 Å². The van der Waals surface area contributed by atoms with Gasteiger partial charge in [0.05, 0.1) is 12.3 Å². The lowest BCUT2D eigenvalue weighted by Gasteiger charge is -2.11. The van der Waals surface area contributed by atoms with Gasteiger partial charge in [0.1, 0.15) is 5.82 Å². The highest BCUT2D eigenvalue weighted by atomic mass is 127. The largest absolute Gasteiger partial charge is 0.274 e. The third-order valence-corrected chi connectivity index (χ3v) is 3.94. The highest BCUT2D eigenvalue weighted by Crippen LogP contribution is 2.18. The molecule has 1 aliphatic heterocycles. The molecule has 0 bridgehead atoms. The van der Waals surface area contributed by atoms with Crippen LogP contribution in [0.5, 0.6) is 0 Å². The Kier molecular flexibility index (Phi) is 4.01. The Morgan fingerprint density at radius 2 is 2.00 bits per heavy atom. The van der Waals surface area contributed by atoms with Gasteiger partial charge in [-0.15, -0.1) is 0 Å². The lowest BCUT2D eigenvalue weighted by atomic mass is 10.1. The van der Waals surface area contributed by atoms with Gasteiger partial charge in [-0.1, -0.05) is 18.2 Å². The van der Waals surface area contributed by atoms with Crippen LogP contribution >= 0.6 is 22.6 Å². The molecule has 1 heterocycles. The van der Waals surface area contributed by atoms with Crippen molar-refractivity contribution in [3.63, 3.8) is 0 Å². The van der Waals surface area contributed by atoms with Crippen LogP contribution in [-0.4, -0.2) is 23.2 Å². The van der Waals surface area contributed by atoms with Gasteiger partial charge in [-0.25, -0.2) is 9.40 Å². The molecule has 5 heteroatoms. The van der Waals surface area contributed by atoms with E-state index in [0.717, 1.165) is 14.8 Å². The molecule has 3 rings (SSSR count). The van der Waals surface area contributed by atoms with Crippen LogP contribution in [-0.2, 0) is 0 Å². The molecule has 0 spiro atoms. The maximum absolute atomic E-state index is 13.2. The van der Waals surface area contributed by atoms with E-state index in [9.17, 15) is 9.18 Å². The summed E-state index contributed by atoms with van der Waals surface area (Å²) in [5, 5.41) is 5.79. The van der Waals surface area contributed by atoms with E-state index in [1.54, 1.807) is 6.07 Å². The van der Waals surface area contributed by atoms with Gasteiger partial charge in [-0.05, 0) is 58.5 Å². The normalized spacial score (nSPS) is 14.2. The Balaban J connectivity index is 1.84. The molecule has 0 aromatic heterocycles. The van der Waals surface area contributed by atoms with Crippen molar-refractivity contribution >= 4 is 34.2 Å². The van der Waals surface area contributed by atoms with Crippen molar-refractivity contribution in [2.45, 2.75) is 6.42 Å². The van der Waals surface area contributed by atoms with Crippen molar-refractivity contribution in [1.82, 2.24) is 5.01 Å². The number of carbonyl (C=O) groups excluding carboxylic acids is 1. The monoisotopic (exact) mass is 394 g/mol. The van der Waals surface area contributed by atoms with E-state index in [4.69, 9.17) is 0 Å². The van der Waals surface area contributed by atoms with Crippen LogP contribution < -0.4 is 0 Å². The number of carbonyl (C=O) groups is 1. The molecule has 0 N–H and O–H groups in total. The standard InChI is InChI=1S/C16H12FIN2O/c17-13-5-1-4-12(9-13)16(21)20-8-7-15(19-20)11-3-2-6-14(18)10-11/h1-6,9-10H,7-8H2. The summed E-state index contributed by atoms with van der Waals surface area (Å²) in [5.74, 6) is -0.683. The first-order valence-electron chi connectivity index (χ1n) is 6.54. The van der Waals surface area contributed by atoms with Crippen molar-refractivity contribution < 1.29 is 9.18 Å². The summed E-state index contributed by atoms with van der Waals surface area (Å²) in [6.45, 7) is 0.524. The molecule has 2 aromatic rings. The molecular weight excluding hydrogens is 382 g/mol. The predicted molar refractivity (Wildman–Crippen MR) is 87.7 cm³/mol. The van der Waals surface area contributed by atoms with Crippen LogP contribution in [0.15, 0.2) is 53.6 Å². The second-order valence-electron chi connectivity index (χ2n) is 4.75. The molecule has 2 aromatic carbocycles. The van der Waals surface area contributed by atoms with Crippen molar-refractivity contribution in [3.8, 4) is 0 Å². The van der Waals surface area contributed by atoms with Crippen LogP contribution in [0.25, 0.3) is 0 Å². The van der Waals surface area contributed by atoms with Gasteiger partial charge in [0, 0.05) is 15.6 Å². The number of benzene rings is 2. The van der Waals surface area contributed by atoms with Crippen LogP contribution in [0.3, 0.4) is 0 Å². The Bertz CT molecular complexity index is 730. The van der Waals surface area contributed by atoms with E-state index in [-0.39, 0.29) is 5.91 Å². The fourth-order valence-corrected chi connectivity index (χ4v) is 2.79. The van der Waals surface area contributed by atoms with Gasteiger partial charge in [-0.3, -0.25) is 4.79 Å². The SMILES string of the molecule is O=C(c1cccc(F)c1)N1CCC(c2cccc(I)c2)=N1. The number of hydrazone groups is 1. The molecular formula is C16H12FIN2O. The molecule has 1 amide bonds. The average molecular weight is 394 g/mol.